The topological polar surface area (TPSA) is 26.3 Å². The monoisotopic (exact) mass is 288 g/mol. The van der Waals surface area contributed by atoms with Crippen molar-refractivity contribution in [3.8, 4) is 0 Å². The average Bonchev–Trinajstić information content (AvgIpc) is 2.48. The number of rotatable bonds is 9. The lowest BCUT2D eigenvalue weighted by Crippen LogP contribution is -2.19. The van der Waals surface area contributed by atoms with E-state index in [1.54, 1.807) is 6.92 Å². The van der Waals surface area contributed by atoms with Crippen molar-refractivity contribution >= 4 is 5.97 Å². The third-order valence-corrected chi connectivity index (χ3v) is 3.83. The summed E-state index contributed by atoms with van der Waals surface area (Å²) in [5.41, 5.74) is 1.85. The first kappa shape index (κ1) is 17.5. The van der Waals surface area contributed by atoms with Crippen molar-refractivity contribution in [3.63, 3.8) is 0 Å². The van der Waals surface area contributed by atoms with Crippen LogP contribution in [0.1, 0.15) is 64.4 Å². The van der Waals surface area contributed by atoms with Crippen molar-refractivity contribution in [1.29, 1.82) is 0 Å². The van der Waals surface area contributed by atoms with Gasteiger partial charge in [-0.3, -0.25) is 0 Å². The maximum Gasteiger partial charge on any atom is 0.333 e. The Morgan fingerprint density at radius 1 is 1.14 bits per heavy atom. The molecule has 1 aromatic rings. The van der Waals surface area contributed by atoms with Gasteiger partial charge in [0.1, 0.15) is 6.10 Å². The molecule has 21 heavy (non-hydrogen) atoms. The van der Waals surface area contributed by atoms with Gasteiger partial charge in [-0.15, -0.1) is 0 Å². The summed E-state index contributed by atoms with van der Waals surface area (Å²) in [6, 6.07) is 10.6. The molecule has 2 heteroatoms. The molecule has 0 radical (unpaired) electrons. The summed E-state index contributed by atoms with van der Waals surface area (Å²) in [5, 5.41) is 0. The minimum absolute atomic E-state index is 0.0111. The van der Waals surface area contributed by atoms with Crippen LogP contribution >= 0.6 is 0 Å². The van der Waals surface area contributed by atoms with Crippen LogP contribution in [0.15, 0.2) is 42.5 Å². The minimum atomic E-state index is -0.263. The number of hydrogen-bond acceptors (Lipinski definition) is 2. The summed E-state index contributed by atoms with van der Waals surface area (Å²) < 4.78 is 5.54. The van der Waals surface area contributed by atoms with E-state index in [-0.39, 0.29) is 12.1 Å². The maximum absolute atomic E-state index is 11.7. The lowest BCUT2D eigenvalue weighted by atomic mass is 9.90. The summed E-state index contributed by atoms with van der Waals surface area (Å²) >= 11 is 0. The van der Waals surface area contributed by atoms with Crippen LogP contribution in [0.3, 0.4) is 0 Å². The van der Waals surface area contributed by atoms with Gasteiger partial charge in [0.25, 0.3) is 0 Å². The molecule has 0 N–H and O–H groups in total. The Balaban J connectivity index is 2.58. The Kier molecular flexibility index (Phi) is 7.81. The largest absolute Gasteiger partial charge is 0.459 e. The Bertz CT molecular complexity index is 436. The number of ether oxygens (including phenoxy) is 1. The molecule has 0 amide bonds. The van der Waals surface area contributed by atoms with Gasteiger partial charge in [-0.25, -0.2) is 4.79 Å². The van der Waals surface area contributed by atoms with Crippen molar-refractivity contribution in [2.75, 3.05) is 0 Å². The number of benzene rings is 1. The van der Waals surface area contributed by atoms with E-state index in [0.717, 1.165) is 32.1 Å². The van der Waals surface area contributed by atoms with Gasteiger partial charge in [0, 0.05) is 5.57 Å². The quantitative estimate of drug-likeness (QED) is 0.458. The third kappa shape index (κ3) is 6.16. The van der Waals surface area contributed by atoms with Crippen LogP contribution in [0.2, 0.25) is 0 Å². The number of esters is 1. The molecule has 0 saturated carbocycles. The molecule has 1 rings (SSSR count). The van der Waals surface area contributed by atoms with Gasteiger partial charge in [0.15, 0.2) is 0 Å². The molecule has 0 saturated heterocycles. The highest BCUT2D eigenvalue weighted by Crippen LogP contribution is 2.26. The van der Waals surface area contributed by atoms with Crippen molar-refractivity contribution < 1.29 is 9.53 Å². The summed E-state index contributed by atoms with van der Waals surface area (Å²) in [5.74, 6) is 0.273. The van der Waals surface area contributed by atoms with E-state index in [1.807, 2.05) is 6.07 Å². The molecule has 0 aromatic heterocycles. The van der Waals surface area contributed by atoms with Gasteiger partial charge in [0.2, 0.25) is 0 Å². The van der Waals surface area contributed by atoms with Crippen molar-refractivity contribution in [2.45, 2.75) is 64.9 Å². The van der Waals surface area contributed by atoms with E-state index in [1.165, 1.54) is 5.56 Å². The lowest BCUT2D eigenvalue weighted by Gasteiger charge is -2.21. The second kappa shape index (κ2) is 9.38. The van der Waals surface area contributed by atoms with Gasteiger partial charge in [-0.05, 0) is 44.1 Å². The molecule has 0 aliphatic heterocycles. The standard InChI is InChI=1S/C19H28O2/c1-5-10-18(21-19(20)15(3)4)14-13-16(6-2)17-11-8-7-9-12-17/h7-9,11-12,16,18H,3,5-6,10,13-14H2,1-2,4H3. The van der Waals surface area contributed by atoms with Crippen LogP contribution in [0.25, 0.3) is 0 Å². The van der Waals surface area contributed by atoms with Crippen LogP contribution in [-0.4, -0.2) is 12.1 Å². The van der Waals surface area contributed by atoms with Gasteiger partial charge in [0.05, 0.1) is 0 Å². The maximum atomic E-state index is 11.7. The Hall–Kier alpha value is -1.57. The van der Waals surface area contributed by atoms with Crippen molar-refractivity contribution in [2.24, 2.45) is 0 Å². The summed E-state index contributed by atoms with van der Waals surface area (Å²) in [6.45, 7) is 9.69. The molecule has 116 valence electrons. The molecule has 2 unspecified atom stereocenters. The molecule has 0 aliphatic carbocycles. The highest BCUT2D eigenvalue weighted by atomic mass is 16.5. The molecule has 0 spiro atoms. The van der Waals surface area contributed by atoms with Crippen LogP contribution in [-0.2, 0) is 9.53 Å². The zero-order valence-corrected chi connectivity index (χ0v) is 13.6. The first-order chi connectivity index (χ1) is 10.1. The Labute approximate surface area is 129 Å². The first-order valence-corrected chi connectivity index (χ1v) is 7.99. The van der Waals surface area contributed by atoms with E-state index in [9.17, 15) is 4.79 Å². The molecule has 0 aliphatic rings. The van der Waals surface area contributed by atoms with E-state index in [4.69, 9.17) is 4.74 Å². The molecule has 0 heterocycles. The highest BCUT2D eigenvalue weighted by molar-refractivity contribution is 5.87. The smallest absolute Gasteiger partial charge is 0.333 e. The van der Waals surface area contributed by atoms with Gasteiger partial charge in [-0.1, -0.05) is 57.2 Å². The predicted molar refractivity (Wildman–Crippen MR) is 88.3 cm³/mol. The predicted octanol–water partition coefficient (Wildman–Crippen LogP) is 5.25. The minimum Gasteiger partial charge on any atom is -0.459 e. The zero-order valence-electron chi connectivity index (χ0n) is 13.6. The molecule has 0 fully saturated rings. The van der Waals surface area contributed by atoms with Gasteiger partial charge >= 0.3 is 5.97 Å². The van der Waals surface area contributed by atoms with Crippen LogP contribution in [0.4, 0.5) is 0 Å². The Morgan fingerprint density at radius 2 is 1.81 bits per heavy atom. The molecular weight excluding hydrogens is 260 g/mol. The van der Waals surface area contributed by atoms with Crippen LogP contribution in [0.5, 0.6) is 0 Å². The van der Waals surface area contributed by atoms with Crippen molar-refractivity contribution in [1.82, 2.24) is 0 Å². The highest BCUT2D eigenvalue weighted by Gasteiger charge is 2.17. The second-order valence-electron chi connectivity index (χ2n) is 5.69. The SMILES string of the molecule is C=C(C)C(=O)OC(CCC)CCC(CC)c1ccccc1. The molecule has 2 atom stereocenters. The summed E-state index contributed by atoms with van der Waals surface area (Å²) in [7, 11) is 0. The third-order valence-electron chi connectivity index (χ3n) is 3.83. The number of carbonyl (C=O) groups is 1. The fourth-order valence-electron chi connectivity index (χ4n) is 2.55. The van der Waals surface area contributed by atoms with E-state index < -0.39 is 0 Å². The molecule has 1 aromatic carbocycles. The van der Waals surface area contributed by atoms with E-state index in [0.29, 0.717) is 11.5 Å². The molecule has 0 bridgehead atoms. The van der Waals surface area contributed by atoms with Gasteiger partial charge in [-0.2, -0.15) is 0 Å². The zero-order chi connectivity index (χ0) is 15.7. The number of hydrogen-bond donors (Lipinski definition) is 0. The first-order valence-electron chi connectivity index (χ1n) is 7.99. The van der Waals surface area contributed by atoms with E-state index in [2.05, 4.69) is 44.7 Å². The van der Waals surface area contributed by atoms with Crippen LogP contribution < -0.4 is 0 Å². The van der Waals surface area contributed by atoms with E-state index >= 15 is 0 Å². The summed E-state index contributed by atoms with van der Waals surface area (Å²) in [4.78, 5) is 11.7. The number of carbonyl (C=O) groups excluding carboxylic acids is 1. The fraction of sp³-hybridized carbons (Fsp3) is 0.526. The Morgan fingerprint density at radius 3 is 2.33 bits per heavy atom. The lowest BCUT2D eigenvalue weighted by molar-refractivity contribution is -0.145. The second-order valence-corrected chi connectivity index (χ2v) is 5.69. The van der Waals surface area contributed by atoms with Crippen LogP contribution in [0, 0.1) is 0 Å². The summed E-state index contributed by atoms with van der Waals surface area (Å²) in [6.07, 6.45) is 5.03. The van der Waals surface area contributed by atoms with Gasteiger partial charge < -0.3 is 4.74 Å². The fourth-order valence-corrected chi connectivity index (χ4v) is 2.55. The average molecular weight is 288 g/mol. The normalized spacial score (nSPS) is 13.5. The molecular formula is C19H28O2. The molecule has 2 nitrogen and oxygen atoms in total. The van der Waals surface area contributed by atoms with Crippen molar-refractivity contribution in [3.05, 3.63) is 48.0 Å².